The number of phenols is 1. The highest BCUT2D eigenvalue weighted by Gasteiger charge is 2.53. The highest BCUT2D eigenvalue weighted by atomic mass is 127. The van der Waals surface area contributed by atoms with Crippen molar-refractivity contribution in [3.05, 3.63) is 80.0 Å². The van der Waals surface area contributed by atoms with Gasteiger partial charge in [-0.1, -0.05) is 12.8 Å². The Balaban J connectivity index is 1.59. The first-order chi connectivity index (χ1) is 21.9. The molecule has 1 aliphatic heterocycles. The van der Waals surface area contributed by atoms with Gasteiger partial charge in [0.2, 0.25) is 5.82 Å². The molecule has 1 spiro atoms. The number of likely N-dealkylation sites (N-methyl/N-ethyl adjacent to an activating group) is 1. The topological polar surface area (TPSA) is 119 Å². The van der Waals surface area contributed by atoms with Gasteiger partial charge in [-0.25, -0.2) is 19.4 Å². The van der Waals surface area contributed by atoms with Crippen LogP contribution in [0.2, 0.25) is 0 Å². The largest absolute Gasteiger partial charge is 0.509 e. The SMILES string of the molecule is CN1N(Cc2cc(I)c(O)c(F)c2F)C(=O)C(C(=O)Nc2ccc(C(F)(F)F)cc2-c2cc(C(F)(F)F)ncn2)=C(O)C12CCCC2. The monoisotopic (exact) mass is 783 g/mol. The molecule has 1 aromatic heterocycles. The van der Waals surface area contributed by atoms with Crippen LogP contribution in [0.4, 0.5) is 40.8 Å². The number of carbonyl (C=O) groups is 2. The zero-order valence-corrected chi connectivity index (χ0v) is 26.1. The van der Waals surface area contributed by atoms with E-state index in [0.717, 1.165) is 17.1 Å². The Bertz CT molecular complexity index is 1810. The number of nitrogens with one attached hydrogen (secondary N) is 1. The number of carbonyl (C=O) groups excluding carboxylic acids is 2. The second kappa shape index (κ2) is 12.2. The first-order valence-corrected chi connectivity index (χ1v) is 14.7. The third kappa shape index (κ3) is 6.19. The van der Waals surface area contributed by atoms with Gasteiger partial charge in [0.1, 0.15) is 23.4 Å². The number of hydrogen-bond acceptors (Lipinski definition) is 7. The van der Waals surface area contributed by atoms with E-state index in [-0.39, 0.29) is 22.0 Å². The van der Waals surface area contributed by atoms with Crippen LogP contribution in [-0.2, 0) is 28.5 Å². The molecule has 3 N–H and O–H groups in total. The Kier molecular flexibility index (Phi) is 8.88. The number of rotatable bonds is 5. The molecule has 0 saturated heterocycles. The maximum atomic E-state index is 14.9. The molecule has 1 fully saturated rings. The second-order valence-electron chi connectivity index (χ2n) is 10.8. The average molecular weight is 783 g/mol. The molecule has 2 heterocycles. The van der Waals surface area contributed by atoms with Gasteiger partial charge in [0.15, 0.2) is 11.6 Å². The van der Waals surface area contributed by atoms with Gasteiger partial charge < -0.3 is 15.5 Å². The van der Waals surface area contributed by atoms with E-state index in [9.17, 15) is 54.9 Å². The molecule has 2 amide bonds. The Hall–Kier alpha value is -4.07. The van der Waals surface area contributed by atoms with Crippen LogP contribution in [0.15, 0.2) is 48.0 Å². The van der Waals surface area contributed by atoms with E-state index in [2.05, 4.69) is 15.3 Å². The van der Waals surface area contributed by atoms with Crippen molar-refractivity contribution in [2.75, 3.05) is 12.4 Å². The van der Waals surface area contributed by atoms with Crippen LogP contribution >= 0.6 is 22.6 Å². The number of aliphatic hydroxyl groups is 1. The summed E-state index contributed by atoms with van der Waals surface area (Å²) in [5.41, 5.74) is -7.12. The third-order valence-electron chi connectivity index (χ3n) is 8.12. The zero-order valence-electron chi connectivity index (χ0n) is 23.9. The molecule has 0 bridgehead atoms. The van der Waals surface area contributed by atoms with Gasteiger partial charge in [-0.05, 0) is 65.8 Å². The molecule has 0 unspecified atom stereocenters. The van der Waals surface area contributed by atoms with Crippen molar-refractivity contribution in [2.24, 2.45) is 0 Å². The molecule has 2 aromatic carbocycles. The predicted octanol–water partition coefficient (Wildman–Crippen LogP) is 6.72. The number of aromatic hydroxyl groups is 1. The van der Waals surface area contributed by atoms with Crippen molar-refractivity contribution in [1.29, 1.82) is 0 Å². The van der Waals surface area contributed by atoms with E-state index >= 15 is 0 Å². The van der Waals surface area contributed by atoms with Crippen LogP contribution in [-0.4, -0.2) is 54.6 Å². The molecular formula is C29H22F8IN5O4. The zero-order chi connectivity index (χ0) is 34.6. The van der Waals surface area contributed by atoms with E-state index in [4.69, 9.17) is 0 Å². The Labute approximate surface area is 274 Å². The Morgan fingerprint density at radius 3 is 2.28 bits per heavy atom. The number of halogens is 9. The molecule has 47 heavy (non-hydrogen) atoms. The van der Waals surface area contributed by atoms with Gasteiger partial charge in [-0.3, -0.25) is 14.6 Å². The summed E-state index contributed by atoms with van der Waals surface area (Å²) in [6.07, 6.45) is -7.96. The maximum Gasteiger partial charge on any atom is 0.433 e. The summed E-state index contributed by atoms with van der Waals surface area (Å²) in [5.74, 6) is -7.20. The maximum absolute atomic E-state index is 14.9. The van der Waals surface area contributed by atoms with Crippen molar-refractivity contribution in [1.82, 2.24) is 20.0 Å². The minimum Gasteiger partial charge on any atom is -0.509 e. The fourth-order valence-electron chi connectivity index (χ4n) is 5.68. The molecule has 9 nitrogen and oxygen atoms in total. The first-order valence-electron chi connectivity index (χ1n) is 13.6. The van der Waals surface area contributed by atoms with Crippen LogP contribution in [0, 0.1) is 15.2 Å². The van der Waals surface area contributed by atoms with Crippen LogP contribution in [0.5, 0.6) is 5.75 Å². The summed E-state index contributed by atoms with van der Waals surface area (Å²) in [6.45, 7) is -0.660. The van der Waals surface area contributed by atoms with E-state index in [1.54, 1.807) is 22.6 Å². The van der Waals surface area contributed by atoms with Crippen LogP contribution in [0.25, 0.3) is 11.3 Å². The summed E-state index contributed by atoms with van der Waals surface area (Å²) in [5, 5.41) is 25.6. The second-order valence-corrected chi connectivity index (χ2v) is 12.0. The van der Waals surface area contributed by atoms with Gasteiger partial charge in [-0.15, -0.1) is 0 Å². The first kappa shape index (κ1) is 34.3. The van der Waals surface area contributed by atoms with Gasteiger partial charge in [-0.2, -0.15) is 30.7 Å². The molecule has 0 atom stereocenters. The lowest BCUT2D eigenvalue weighted by atomic mass is 9.88. The van der Waals surface area contributed by atoms with Crippen molar-refractivity contribution < 1.29 is 54.9 Å². The predicted molar refractivity (Wildman–Crippen MR) is 156 cm³/mol. The number of hydrazine groups is 1. The Morgan fingerprint density at radius 2 is 1.66 bits per heavy atom. The number of alkyl halides is 6. The molecule has 0 radical (unpaired) electrons. The molecule has 1 saturated carbocycles. The summed E-state index contributed by atoms with van der Waals surface area (Å²) in [6, 6.07) is 3.22. The minimum atomic E-state index is -4.99. The van der Waals surface area contributed by atoms with Crippen molar-refractivity contribution >= 4 is 40.1 Å². The Morgan fingerprint density at radius 1 is 1.00 bits per heavy atom. The molecule has 3 aromatic rings. The fraction of sp³-hybridized carbons (Fsp3) is 0.310. The minimum absolute atomic E-state index is 0.0798. The normalized spacial score (nSPS) is 17.1. The van der Waals surface area contributed by atoms with E-state index in [0.29, 0.717) is 37.4 Å². The van der Waals surface area contributed by atoms with E-state index in [1.165, 1.54) is 12.1 Å². The lowest BCUT2D eigenvalue weighted by Gasteiger charge is -2.48. The molecule has 250 valence electrons. The lowest BCUT2D eigenvalue weighted by molar-refractivity contribution is -0.163. The average Bonchev–Trinajstić information content (AvgIpc) is 3.50. The van der Waals surface area contributed by atoms with Gasteiger partial charge >= 0.3 is 12.4 Å². The quantitative estimate of drug-likeness (QED) is 0.114. The van der Waals surface area contributed by atoms with E-state index in [1.807, 2.05) is 0 Å². The summed E-state index contributed by atoms with van der Waals surface area (Å²) in [4.78, 5) is 34.3. The smallest absolute Gasteiger partial charge is 0.433 e. The third-order valence-corrected chi connectivity index (χ3v) is 8.95. The van der Waals surface area contributed by atoms with Crippen LogP contribution < -0.4 is 5.32 Å². The van der Waals surface area contributed by atoms with Crippen LogP contribution in [0.3, 0.4) is 0 Å². The summed E-state index contributed by atoms with van der Waals surface area (Å²) in [7, 11) is 1.40. The number of amides is 2. The highest BCUT2D eigenvalue weighted by molar-refractivity contribution is 14.1. The standard InChI is InChI=1S/C29H22F8IN5O4/c1-42-27(6-2-3-7-27)24(45)20(26(47)43(42)11-13-8-16(38)23(44)22(31)21(13)30)25(46)41-17-5-4-14(28(32,33)34)9-15(17)18-10-19(29(35,36)37)40-12-39-18/h4-5,8-10,12,44-45H,2-3,6-7,11H2,1H3,(H,41,46). The number of hydrogen-bond donors (Lipinski definition) is 3. The van der Waals surface area contributed by atoms with Crippen LogP contribution in [0.1, 0.15) is 42.5 Å². The van der Waals surface area contributed by atoms with Crippen molar-refractivity contribution in [3.8, 4) is 17.0 Å². The number of anilines is 1. The molecule has 18 heteroatoms. The number of phenolic OH excluding ortho intramolecular Hbond substituents is 1. The number of nitrogens with zero attached hydrogens (tertiary/aromatic N) is 4. The van der Waals surface area contributed by atoms with E-state index < -0.39 is 93.2 Å². The fourth-order valence-corrected chi connectivity index (χ4v) is 6.30. The van der Waals surface area contributed by atoms with Crippen molar-refractivity contribution in [3.63, 3.8) is 0 Å². The molecular weight excluding hydrogens is 761 g/mol. The lowest BCUT2D eigenvalue weighted by Crippen LogP contribution is -2.62. The summed E-state index contributed by atoms with van der Waals surface area (Å²) < 4.78 is 110. The number of aliphatic hydroxyl groups excluding tert-OH is 1. The number of benzene rings is 2. The van der Waals surface area contributed by atoms with Gasteiger partial charge in [0.25, 0.3) is 11.8 Å². The number of aromatic nitrogens is 2. The van der Waals surface area contributed by atoms with Crippen molar-refractivity contribution in [2.45, 2.75) is 50.1 Å². The van der Waals surface area contributed by atoms with Gasteiger partial charge in [0.05, 0.1) is 32.6 Å². The molecule has 2 aliphatic rings. The summed E-state index contributed by atoms with van der Waals surface area (Å²) >= 11 is 1.55. The molecule has 5 rings (SSSR count). The van der Waals surface area contributed by atoms with Gasteiger partial charge in [0, 0.05) is 18.2 Å². The highest BCUT2D eigenvalue weighted by Crippen LogP contribution is 2.45. The molecule has 1 aliphatic carbocycles.